The van der Waals surface area contributed by atoms with Crippen molar-refractivity contribution in [1.82, 2.24) is 24.7 Å². The van der Waals surface area contributed by atoms with E-state index in [2.05, 4.69) is 24.8 Å². The molecule has 0 saturated heterocycles. The third-order valence-corrected chi connectivity index (χ3v) is 6.01. The Morgan fingerprint density at radius 2 is 1.77 bits per heavy atom. The van der Waals surface area contributed by atoms with Gasteiger partial charge in [0.05, 0.1) is 29.3 Å². The predicted octanol–water partition coefficient (Wildman–Crippen LogP) is 5.42. The highest BCUT2D eigenvalue weighted by Gasteiger charge is 2.33. The Hall–Kier alpha value is -4.94. The third-order valence-electron chi connectivity index (χ3n) is 6.01. The number of carboxylic acid groups (broad SMARTS) is 1. The van der Waals surface area contributed by atoms with E-state index in [0.29, 0.717) is 50.8 Å². The van der Waals surface area contributed by atoms with Crippen LogP contribution in [0.15, 0.2) is 53.6 Å². The largest absolute Gasteiger partial charge is 0.573 e. The van der Waals surface area contributed by atoms with Crippen molar-refractivity contribution in [3.8, 4) is 33.7 Å². The number of ether oxygens (including phenoxy) is 1. The Morgan fingerprint density at radius 3 is 2.36 bits per heavy atom. The van der Waals surface area contributed by atoms with E-state index in [9.17, 15) is 23.1 Å². The number of anilines is 1. The van der Waals surface area contributed by atoms with E-state index in [1.54, 1.807) is 68.3 Å². The van der Waals surface area contributed by atoms with Gasteiger partial charge in [-0.3, -0.25) is 4.57 Å². The molecule has 0 fully saturated rings. The van der Waals surface area contributed by atoms with E-state index in [-0.39, 0.29) is 11.1 Å². The van der Waals surface area contributed by atoms with Crippen LogP contribution in [-0.2, 0) is 0 Å². The maximum atomic E-state index is 13.4. The molecule has 39 heavy (non-hydrogen) atoms. The summed E-state index contributed by atoms with van der Waals surface area (Å²) in [4.78, 5) is 26.5. The minimum atomic E-state index is -5.06. The fraction of sp³-hybridized carbons (Fsp3) is 0.192. The molecule has 0 saturated carbocycles. The maximum absolute atomic E-state index is 13.4. The number of aromatic carboxylic acids is 1. The lowest BCUT2D eigenvalue weighted by atomic mass is 10.00. The summed E-state index contributed by atoms with van der Waals surface area (Å²) in [6.45, 7) is 3.51. The van der Waals surface area contributed by atoms with Crippen LogP contribution in [-0.4, -0.2) is 56.2 Å². The predicted molar refractivity (Wildman–Crippen MR) is 135 cm³/mol. The zero-order valence-corrected chi connectivity index (χ0v) is 21.1. The Labute approximate surface area is 219 Å². The number of hydrogen-bond acceptors (Lipinski definition) is 8. The van der Waals surface area contributed by atoms with Gasteiger partial charge >= 0.3 is 12.3 Å². The van der Waals surface area contributed by atoms with Crippen LogP contribution < -0.4 is 9.64 Å². The SMILES string of the molecule is Cc1noc(C)c1-c1cnc2c(c1)c(-c1ccc(C(=O)O)cc1OC(F)(F)F)cn2-c1cnc(N(C)C)nc1. The summed E-state index contributed by atoms with van der Waals surface area (Å²) in [5.74, 6) is -1.04. The molecular formula is C26H21F3N6O4. The second-order valence-electron chi connectivity index (χ2n) is 8.91. The molecule has 1 aromatic carbocycles. The van der Waals surface area contributed by atoms with Crippen molar-refractivity contribution in [2.75, 3.05) is 19.0 Å². The van der Waals surface area contributed by atoms with Crippen molar-refractivity contribution < 1.29 is 32.3 Å². The summed E-state index contributed by atoms with van der Waals surface area (Å²) in [7, 11) is 3.58. The number of fused-ring (bicyclic) bond motifs is 1. The smallest absolute Gasteiger partial charge is 0.478 e. The van der Waals surface area contributed by atoms with Crippen LogP contribution in [0.1, 0.15) is 21.8 Å². The summed E-state index contributed by atoms with van der Waals surface area (Å²) in [6, 6.07) is 5.09. The molecule has 0 bridgehead atoms. The fourth-order valence-electron chi connectivity index (χ4n) is 4.31. The molecule has 5 rings (SSSR count). The van der Waals surface area contributed by atoms with Crippen molar-refractivity contribution in [3.05, 3.63) is 66.1 Å². The average molecular weight is 538 g/mol. The number of carbonyl (C=O) groups is 1. The van der Waals surface area contributed by atoms with E-state index >= 15 is 0 Å². The first-order valence-corrected chi connectivity index (χ1v) is 11.5. The van der Waals surface area contributed by atoms with Gasteiger partial charge in [0.2, 0.25) is 5.95 Å². The van der Waals surface area contributed by atoms with E-state index in [0.717, 1.165) is 6.07 Å². The first-order chi connectivity index (χ1) is 18.4. The van der Waals surface area contributed by atoms with Gasteiger partial charge < -0.3 is 19.3 Å². The summed E-state index contributed by atoms with van der Waals surface area (Å²) in [6.07, 6.45) is 1.28. The van der Waals surface area contributed by atoms with Crippen LogP contribution in [0.3, 0.4) is 0 Å². The molecule has 200 valence electrons. The first-order valence-electron chi connectivity index (χ1n) is 11.5. The van der Waals surface area contributed by atoms with Crippen LogP contribution in [0.5, 0.6) is 5.75 Å². The normalized spacial score (nSPS) is 11.7. The van der Waals surface area contributed by atoms with Gasteiger partial charge in [-0.15, -0.1) is 13.2 Å². The van der Waals surface area contributed by atoms with Crippen molar-refractivity contribution in [3.63, 3.8) is 0 Å². The number of nitrogens with zero attached hydrogens (tertiary/aromatic N) is 6. The summed E-state index contributed by atoms with van der Waals surface area (Å²) < 4.78 is 51.3. The van der Waals surface area contributed by atoms with Crippen molar-refractivity contribution in [2.24, 2.45) is 0 Å². The molecule has 0 aliphatic carbocycles. The number of halogens is 3. The molecule has 0 spiro atoms. The molecule has 0 unspecified atom stereocenters. The lowest BCUT2D eigenvalue weighted by Crippen LogP contribution is -2.18. The topological polar surface area (TPSA) is 119 Å². The van der Waals surface area contributed by atoms with Crippen molar-refractivity contribution in [2.45, 2.75) is 20.2 Å². The van der Waals surface area contributed by atoms with Gasteiger partial charge in [-0.25, -0.2) is 19.7 Å². The zero-order valence-electron chi connectivity index (χ0n) is 21.1. The molecule has 0 radical (unpaired) electrons. The Bertz CT molecular complexity index is 1690. The summed E-state index contributed by atoms with van der Waals surface area (Å²) in [5, 5.41) is 13.8. The van der Waals surface area contributed by atoms with Gasteiger partial charge in [0.1, 0.15) is 17.2 Å². The molecule has 10 nitrogen and oxygen atoms in total. The van der Waals surface area contributed by atoms with E-state index in [1.165, 1.54) is 12.1 Å². The second kappa shape index (κ2) is 9.42. The highest BCUT2D eigenvalue weighted by atomic mass is 19.4. The summed E-state index contributed by atoms with van der Waals surface area (Å²) >= 11 is 0. The van der Waals surface area contributed by atoms with Crippen molar-refractivity contribution >= 4 is 23.0 Å². The number of carboxylic acids is 1. The number of hydrogen-bond donors (Lipinski definition) is 1. The second-order valence-corrected chi connectivity index (χ2v) is 8.91. The minimum Gasteiger partial charge on any atom is -0.478 e. The number of aromatic nitrogens is 5. The van der Waals surface area contributed by atoms with Gasteiger partial charge in [-0.05, 0) is 38.1 Å². The molecule has 13 heteroatoms. The van der Waals surface area contributed by atoms with Crippen LogP contribution in [0.4, 0.5) is 19.1 Å². The van der Waals surface area contributed by atoms with Gasteiger partial charge in [0, 0.05) is 54.1 Å². The summed E-state index contributed by atoms with van der Waals surface area (Å²) in [5.41, 5.74) is 2.85. The monoisotopic (exact) mass is 538 g/mol. The number of alkyl halides is 3. The lowest BCUT2D eigenvalue weighted by molar-refractivity contribution is -0.274. The number of rotatable bonds is 6. The lowest BCUT2D eigenvalue weighted by Gasteiger charge is -2.14. The molecule has 0 aliphatic rings. The van der Waals surface area contributed by atoms with Gasteiger partial charge in [-0.2, -0.15) is 0 Å². The molecule has 5 aromatic rings. The first kappa shape index (κ1) is 25.7. The minimum absolute atomic E-state index is 0.0182. The molecule has 1 N–H and O–H groups in total. The maximum Gasteiger partial charge on any atom is 0.573 e. The number of benzene rings is 1. The van der Waals surface area contributed by atoms with E-state index in [1.807, 2.05) is 0 Å². The Morgan fingerprint density at radius 1 is 1.05 bits per heavy atom. The molecule has 0 atom stereocenters. The van der Waals surface area contributed by atoms with Gasteiger partial charge in [0.15, 0.2) is 0 Å². The van der Waals surface area contributed by atoms with Gasteiger partial charge in [0.25, 0.3) is 0 Å². The zero-order chi connectivity index (χ0) is 28.1. The molecule has 0 amide bonds. The quantitative estimate of drug-likeness (QED) is 0.302. The third kappa shape index (κ3) is 4.85. The van der Waals surface area contributed by atoms with Crippen molar-refractivity contribution in [1.29, 1.82) is 0 Å². The fourth-order valence-corrected chi connectivity index (χ4v) is 4.31. The Kier molecular flexibility index (Phi) is 6.21. The van der Waals surface area contributed by atoms with E-state index in [4.69, 9.17) is 4.52 Å². The highest BCUT2D eigenvalue weighted by Crippen LogP contribution is 2.41. The molecule has 0 aliphatic heterocycles. The Balaban J connectivity index is 1.79. The van der Waals surface area contributed by atoms with E-state index < -0.39 is 18.1 Å². The number of pyridine rings is 1. The van der Waals surface area contributed by atoms with Crippen LogP contribution >= 0.6 is 0 Å². The number of aryl methyl sites for hydroxylation is 2. The van der Waals surface area contributed by atoms with Gasteiger partial charge in [-0.1, -0.05) is 5.16 Å². The van der Waals surface area contributed by atoms with Crippen LogP contribution in [0.25, 0.3) is 39.0 Å². The molecule has 4 heterocycles. The average Bonchev–Trinajstić information content (AvgIpc) is 3.42. The highest BCUT2D eigenvalue weighted by molar-refractivity contribution is 5.99. The molecule has 4 aromatic heterocycles. The van der Waals surface area contributed by atoms with Crippen LogP contribution in [0.2, 0.25) is 0 Å². The molecular weight excluding hydrogens is 517 g/mol. The van der Waals surface area contributed by atoms with Crippen LogP contribution in [0, 0.1) is 13.8 Å². The standard InChI is InChI=1S/C26H21F3N6O4/c1-13-22(14(2)39-33-13)16-7-19-20(18-6-5-15(24(36)37)8-21(18)38-26(27,28)29)12-35(23(19)30-9-16)17-10-31-25(32-11-17)34(3)4/h5-12H,1-4H3,(H,36,37).